The van der Waals surface area contributed by atoms with Crippen molar-refractivity contribution in [2.45, 2.75) is 6.54 Å². The van der Waals surface area contributed by atoms with Crippen LogP contribution in [0.25, 0.3) is 28.1 Å². The van der Waals surface area contributed by atoms with Gasteiger partial charge in [-0.3, -0.25) is 14.0 Å². The number of benzene rings is 1. The Labute approximate surface area is 218 Å². The first-order valence-corrected chi connectivity index (χ1v) is 12.7. The number of furan rings is 1. The molecule has 0 bridgehead atoms. The predicted octanol–water partition coefficient (Wildman–Crippen LogP) is 1.38. The highest BCUT2D eigenvalue weighted by atomic mass is 16.5. The summed E-state index contributed by atoms with van der Waals surface area (Å²) in [6.45, 7) is 5.89. The van der Waals surface area contributed by atoms with Gasteiger partial charge in [-0.1, -0.05) is 0 Å². The van der Waals surface area contributed by atoms with Crippen LogP contribution in [0, 0.1) is 0 Å². The Morgan fingerprint density at radius 1 is 1.08 bits per heavy atom. The number of hydrogen-bond acceptors (Lipinski definition) is 9. The molecule has 4 aromatic heterocycles. The van der Waals surface area contributed by atoms with E-state index in [1.54, 1.807) is 33.0 Å². The molecule has 4 N–H and O–H groups in total. The zero-order valence-electron chi connectivity index (χ0n) is 21.3. The van der Waals surface area contributed by atoms with Gasteiger partial charge in [0.2, 0.25) is 5.95 Å². The molecule has 38 heavy (non-hydrogen) atoms. The lowest BCUT2D eigenvalue weighted by atomic mass is 10.2. The average Bonchev–Trinajstić information content (AvgIpc) is 3.67. The molecule has 0 atom stereocenters. The second kappa shape index (κ2) is 9.88. The van der Waals surface area contributed by atoms with Gasteiger partial charge < -0.3 is 25.5 Å². The van der Waals surface area contributed by atoms with Crippen molar-refractivity contribution in [1.29, 1.82) is 0 Å². The van der Waals surface area contributed by atoms with Crippen LogP contribution in [0.1, 0.15) is 0 Å². The van der Waals surface area contributed by atoms with Crippen LogP contribution in [-0.4, -0.2) is 74.5 Å². The molecule has 1 aliphatic heterocycles. The summed E-state index contributed by atoms with van der Waals surface area (Å²) >= 11 is 0. The Morgan fingerprint density at radius 3 is 2.58 bits per heavy atom. The fourth-order valence-corrected chi connectivity index (χ4v) is 5.07. The third-order valence-corrected chi connectivity index (χ3v) is 7.08. The molecule has 12 heteroatoms. The number of nitrogens with two attached hydrogens (primary N) is 2. The van der Waals surface area contributed by atoms with Crippen LogP contribution < -0.4 is 26.8 Å². The lowest BCUT2D eigenvalue weighted by molar-refractivity contribution is 0.248. The maximum Gasteiger partial charge on any atom is 0.330 e. The molecule has 1 fully saturated rings. The van der Waals surface area contributed by atoms with Crippen LogP contribution in [0.5, 0.6) is 5.75 Å². The van der Waals surface area contributed by atoms with Crippen molar-refractivity contribution in [1.82, 2.24) is 28.6 Å². The van der Waals surface area contributed by atoms with Crippen LogP contribution in [0.15, 0.2) is 57.9 Å². The Bertz CT molecular complexity index is 1610. The second-order valence-electron chi connectivity index (χ2n) is 9.40. The standard InChI is InChI=1S/C26H31N9O3/c1-31-23-21-17-20(22-3-2-15-38-22)30-35(21)25(28)29-24(23)34(26(31)36)14-11-32-9-12-33(13-10-32)18-4-6-19(7-5-18)37-16-8-27/h2-7,15,17H,8-14,16,27H2,1H3,(H2,28,29). The molecule has 0 unspecified atom stereocenters. The van der Waals surface area contributed by atoms with Gasteiger partial charge >= 0.3 is 5.69 Å². The van der Waals surface area contributed by atoms with Crippen molar-refractivity contribution >= 4 is 28.3 Å². The molecular formula is C26H31N9O3. The summed E-state index contributed by atoms with van der Waals surface area (Å²) in [5, 5.41) is 4.54. The number of anilines is 2. The first-order chi connectivity index (χ1) is 18.5. The summed E-state index contributed by atoms with van der Waals surface area (Å²) in [6, 6.07) is 13.6. The first kappa shape index (κ1) is 24.1. The second-order valence-corrected chi connectivity index (χ2v) is 9.40. The molecule has 0 amide bonds. The van der Waals surface area contributed by atoms with Crippen LogP contribution >= 0.6 is 0 Å². The summed E-state index contributed by atoms with van der Waals surface area (Å²) in [6.07, 6.45) is 1.60. The first-order valence-electron chi connectivity index (χ1n) is 12.7. The third-order valence-electron chi connectivity index (χ3n) is 7.08. The Kier molecular flexibility index (Phi) is 6.26. The number of rotatable bonds is 8. The minimum Gasteiger partial charge on any atom is -0.492 e. The van der Waals surface area contributed by atoms with Crippen LogP contribution in [0.3, 0.4) is 0 Å². The normalized spacial score (nSPS) is 14.6. The highest BCUT2D eigenvalue weighted by Crippen LogP contribution is 2.26. The highest BCUT2D eigenvalue weighted by molar-refractivity contribution is 5.91. The van der Waals surface area contributed by atoms with E-state index in [9.17, 15) is 4.79 Å². The number of imidazole rings is 1. The van der Waals surface area contributed by atoms with Gasteiger partial charge in [0.05, 0.1) is 11.8 Å². The lowest BCUT2D eigenvalue weighted by Crippen LogP contribution is -2.47. The number of ether oxygens (including phenoxy) is 1. The molecule has 1 saturated heterocycles. The smallest absolute Gasteiger partial charge is 0.330 e. The van der Waals surface area contributed by atoms with Crippen molar-refractivity contribution in [3.05, 3.63) is 59.2 Å². The number of nitrogen functional groups attached to an aromatic ring is 1. The zero-order chi connectivity index (χ0) is 26.2. The molecular weight excluding hydrogens is 486 g/mol. The molecule has 0 saturated carbocycles. The van der Waals surface area contributed by atoms with Crippen molar-refractivity contribution < 1.29 is 9.15 Å². The number of hydrogen-bond donors (Lipinski definition) is 2. The molecule has 0 aliphatic carbocycles. The zero-order valence-corrected chi connectivity index (χ0v) is 21.3. The maximum atomic E-state index is 13.2. The van der Waals surface area contributed by atoms with E-state index in [1.807, 2.05) is 24.3 Å². The van der Waals surface area contributed by atoms with Gasteiger partial charge in [0.25, 0.3) is 0 Å². The van der Waals surface area contributed by atoms with Gasteiger partial charge in [-0.05, 0) is 42.5 Å². The van der Waals surface area contributed by atoms with Gasteiger partial charge in [0, 0.05) is 58.5 Å². The molecule has 6 rings (SSSR count). The molecule has 1 aliphatic rings. The molecule has 5 aromatic rings. The third kappa shape index (κ3) is 4.27. The van der Waals surface area contributed by atoms with Gasteiger partial charge in [-0.2, -0.15) is 14.6 Å². The lowest BCUT2D eigenvalue weighted by Gasteiger charge is -2.36. The summed E-state index contributed by atoms with van der Waals surface area (Å²) < 4.78 is 15.9. The Balaban J connectivity index is 1.17. The fraction of sp³-hybridized carbons (Fsp3) is 0.346. The molecule has 12 nitrogen and oxygen atoms in total. The van der Waals surface area contributed by atoms with Crippen LogP contribution in [0.2, 0.25) is 0 Å². The molecule has 198 valence electrons. The minimum absolute atomic E-state index is 0.128. The van der Waals surface area contributed by atoms with Gasteiger partial charge in [-0.25, -0.2) is 4.79 Å². The van der Waals surface area contributed by atoms with E-state index < -0.39 is 0 Å². The van der Waals surface area contributed by atoms with E-state index in [4.69, 9.17) is 20.6 Å². The van der Waals surface area contributed by atoms with Crippen molar-refractivity contribution in [2.75, 3.05) is 56.5 Å². The van der Waals surface area contributed by atoms with Gasteiger partial charge in [0.15, 0.2) is 11.4 Å². The molecule has 0 spiro atoms. The minimum atomic E-state index is -0.128. The van der Waals surface area contributed by atoms with E-state index in [-0.39, 0.29) is 11.6 Å². The van der Waals surface area contributed by atoms with Crippen molar-refractivity contribution in [2.24, 2.45) is 12.8 Å². The van der Waals surface area contributed by atoms with E-state index in [2.05, 4.69) is 32.0 Å². The Morgan fingerprint density at radius 2 is 1.87 bits per heavy atom. The van der Waals surface area contributed by atoms with Gasteiger partial charge in [0.1, 0.15) is 23.6 Å². The van der Waals surface area contributed by atoms with Crippen LogP contribution in [-0.2, 0) is 13.6 Å². The quantitative estimate of drug-likeness (QED) is 0.313. The number of piperazine rings is 1. The highest BCUT2D eigenvalue weighted by Gasteiger charge is 2.22. The molecule has 1 aromatic carbocycles. The maximum absolute atomic E-state index is 13.2. The van der Waals surface area contributed by atoms with Crippen LogP contribution in [0.4, 0.5) is 11.6 Å². The molecule has 0 radical (unpaired) electrons. The summed E-state index contributed by atoms with van der Waals surface area (Å²) in [5.41, 5.74) is 15.4. The number of fused-ring (bicyclic) bond motifs is 3. The average molecular weight is 518 g/mol. The van der Waals surface area contributed by atoms with E-state index >= 15 is 0 Å². The molecule has 5 heterocycles. The van der Waals surface area contributed by atoms with E-state index in [0.717, 1.165) is 38.5 Å². The number of aromatic nitrogens is 5. The number of aryl methyl sites for hydroxylation is 1. The van der Waals surface area contributed by atoms with Crippen molar-refractivity contribution in [3.63, 3.8) is 0 Å². The summed E-state index contributed by atoms with van der Waals surface area (Å²) in [7, 11) is 1.75. The topological polar surface area (TPSA) is 138 Å². The van der Waals surface area contributed by atoms with E-state index in [0.29, 0.717) is 47.8 Å². The van der Waals surface area contributed by atoms with E-state index in [1.165, 1.54) is 5.69 Å². The van der Waals surface area contributed by atoms with Gasteiger partial charge in [-0.15, -0.1) is 0 Å². The van der Waals surface area contributed by atoms with Crippen molar-refractivity contribution in [3.8, 4) is 17.2 Å². The SMILES string of the molecule is Cn1c(=O)n(CCN2CCN(c3ccc(OCCN)cc3)CC2)c2nc(N)n3nc(-c4ccco4)cc3c21. The number of nitrogens with zero attached hydrogens (tertiary/aromatic N) is 7. The largest absolute Gasteiger partial charge is 0.492 e. The predicted molar refractivity (Wildman–Crippen MR) is 145 cm³/mol. The Hall–Kier alpha value is -4.29. The fourth-order valence-electron chi connectivity index (χ4n) is 5.07. The summed E-state index contributed by atoms with van der Waals surface area (Å²) in [5.74, 6) is 1.68. The monoisotopic (exact) mass is 517 g/mol. The summed E-state index contributed by atoms with van der Waals surface area (Å²) in [4.78, 5) is 22.5.